The molecule has 0 aliphatic heterocycles. The number of nitrogens with one attached hydrogen (secondary N) is 2. The minimum atomic E-state index is -0.866. The van der Waals surface area contributed by atoms with Crippen LogP contribution in [0.1, 0.15) is 6.92 Å². The highest BCUT2D eigenvalue weighted by atomic mass is 32.2. The van der Waals surface area contributed by atoms with Crippen LogP contribution in [0.4, 0.5) is 5.82 Å². The quantitative estimate of drug-likeness (QED) is 0.681. The van der Waals surface area contributed by atoms with E-state index in [0.717, 1.165) is 0 Å². The van der Waals surface area contributed by atoms with Gasteiger partial charge in [0.2, 0.25) is 5.75 Å². The number of ether oxygens (including phenoxy) is 1. The molecule has 1 aromatic rings. The molecule has 0 fully saturated rings. The van der Waals surface area contributed by atoms with Gasteiger partial charge in [-0.15, -0.1) is 0 Å². The monoisotopic (exact) mass is 259 g/mol. The van der Waals surface area contributed by atoms with Crippen LogP contribution in [-0.4, -0.2) is 46.3 Å². The van der Waals surface area contributed by atoms with Gasteiger partial charge < -0.3 is 20.1 Å². The van der Waals surface area contributed by atoms with E-state index in [9.17, 15) is 9.90 Å². The van der Waals surface area contributed by atoms with Crippen molar-refractivity contribution >= 4 is 17.6 Å². The van der Waals surface area contributed by atoms with Crippen LogP contribution >= 0.6 is 11.8 Å². The molecule has 3 N–H and O–H groups in total. The molecule has 1 atom stereocenters. The molecule has 1 aromatic heterocycles. The molecule has 1 rings (SSSR count). The summed E-state index contributed by atoms with van der Waals surface area (Å²) in [5.74, 6) is 1.04. The third-order valence-corrected chi connectivity index (χ3v) is 3.02. The highest BCUT2D eigenvalue weighted by Gasteiger charge is 2.20. The molecule has 0 bridgehead atoms. The Morgan fingerprint density at radius 1 is 1.71 bits per heavy atom. The summed E-state index contributed by atoms with van der Waals surface area (Å²) >= 11 is 1.55. The van der Waals surface area contributed by atoms with Gasteiger partial charge in [-0.1, -0.05) is 0 Å². The van der Waals surface area contributed by atoms with Gasteiger partial charge in [-0.05, 0) is 13.2 Å². The molecule has 6 nitrogen and oxygen atoms in total. The molecule has 0 amide bonds. The second kappa shape index (κ2) is 5.92. The van der Waals surface area contributed by atoms with Crippen LogP contribution in [0.3, 0.4) is 0 Å². The topological polar surface area (TPSA) is 87.2 Å². The van der Waals surface area contributed by atoms with Gasteiger partial charge in [-0.3, -0.25) is 4.79 Å². The number of anilines is 1. The standard InChI is InChI=1S/C10H17N3O3S/c1-10(15,5-17-3)4-11-8-7(16-2)9(14)13-6-12-8/h6,15H,4-5H2,1-3H3,(H2,11,12,13,14). The lowest BCUT2D eigenvalue weighted by atomic mass is 10.1. The molecule has 0 radical (unpaired) electrons. The number of methoxy groups -OCH3 is 1. The third-order valence-electron chi connectivity index (χ3n) is 2.11. The van der Waals surface area contributed by atoms with Gasteiger partial charge in [0.1, 0.15) is 0 Å². The molecule has 0 aliphatic rings. The minimum Gasteiger partial charge on any atom is -0.489 e. The largest absolute Gasteiger partial charge is 0.489 e. The average molecular weight is 259 g/mol. The molecule has 1 heterocycles. The van der Waals surface area contributed by atoms with E-state index >= 15 is 0 Å². The number of H-pyrrole nitrogens is 1. The Labute approximate surface area is 104 Å². The maximum Gasteiger partial charge on any atom is 0.295 e. The molecular formula is C10H17N3O3S. The highest BCUT2D eigenvalue weighted by molar-refractivity contribution is 7.98. The predicted octanol–water partition coefficient (Wildman–Crippen LogP) is 0.304. The van der Waals surface area contributed by atoms with Gasteiger partial charge in [0.15, 0.2) is 5.82 Å². The molecule has 0 saturated heterocycles. The number of aromatic nitrogens is 2. The number of thioether (sulfide) groups is 1. The van der Waals surface area contributed by atoms with Crippen LogP contribution in [0.2, 0.25) is 0 Å². The maximum absolute atomic E-state index is 11.4. The van der Waals surface area contributed by atoms with E-state index in [0.29, 0.717) is 18.1 Å². The first kappa shape index (κ1) is 13.9. The summed E-state index contributed by atoms with van der Waals surface area (Å²) in [4.78, 5) is 17.8. The number of hydrogen-bond acceptors (Lipinski definition) is 6. The van der Waals surface area contributed by atoms with Crippen LogP contribution < -0.4 is 15.6 Å². The SMILES string of the molecule is COc1c(NCC(C)(O)CSC)nc[nH]c1=O. The molecule has 17 heavy (non-hydrogen) atoms. The van der Waals surface area contributed by atoms with Crippen LogP contribution in [-0.2, 0) is 0 Å². The molecule has 0 aliphatic carbocycles. The zero-order valence-corrected chi connectivity index (χ0v) is 10.9. The second-order valence-electron chi connectivity index (χ2n) is 3.90. The van der Waals surface area contributed by atoms with Gasteiger partial charge in [0, 0.05) is 12.3 Å². The summed E-state index contributed by atoms with van der Waals surface area (Å²) in [6.07, 6.45) is 3.21. The Balaban J connectivity index is 2.76. The Hall–Kier alpha value is -1.21. The fraction of sp³-hybridized carbons (Fsp3) is 0.600. The average Bonchev–Trinajstić information content (AvgIpc) is 2.26. The van der Waals surface area contributed by atoms with Crippen LogP contribution in [0, 0.1) is 0 Å². The van der Waals surface area contributed by atoms with Crippen LogP contribution in [0.25, 0.3) is 0 Å². The fourth-order valence-electron chi connectivity index (χ4n) is 1.34. The first-order valence-electron chi connectivity index (χ1n) is 5.07. The number of nitrogens with zero attached hydrogens (tertiary/aromatic N) is 1. The lowest BCUT2D eigenvalue weighted by Gasteiger charge is -2.23. The molecule has 0 spiro atoms. The smallest absolute Gasteiger partial charge is 0.295 e. The van der Waals surface area contributed by atoms with E-state index in [4.69, 9.17) is 4.74 Å². The highest BCUT2D eigenvalue weighted by Crippen LogP contribution is 2.17. The molecule has 1 unspecified atom stereocenters. The van der Waals surface area contributed by atoms with Crippen molar-refractivity contribution in [3.8, 4) is 5.75 Å². The fourth-order valence-corrected chi connectivity index (χ4v) is 2.06. The lowest BCUT2D eigenvalue weighted by molar-refractivity contribution is 0.0995. The number of aliphatic hydroxyl groups is 1. The molecule has 96 valence electrons. The summed E-state index contributed by atoms with van der Waals surface area (Å²) in [6, 6.07) is 0. The van der Waals surface area contributed by atoms with Gasteiger partial charge >= 0.3 is 0 Å². The first-order valence-corrected chi connectivity index (χ1v) is 6.46. The van der Waals surface area contributed by atoms with Crippen molar-refractivity contribution in [1.82, 2.24) is 9.97 Å². The van der Waals surface area contributed by atoms with E-state index in [1.54, 1.807) is 18.7 Å². The number of hydrogen-bond donors (Lipinski definition) is 3. The zero-order valence-electron chi connectivity index (χ0n) is 10.1. The van der Waals surface area contributed by atoms with E-state index in [1.165, 1.54) is 13.4 Å². The van der Waals surface area contributed by atoms with Crippen molar-refractivity contribution in [3.05, 3.63) is 16.7 Å². The van der Waals surface area contributed by atoms with Gasteiger partial charge in [0.25, 0.3) is 5.56 Å². The second-order valence-corrected chi connectivity index (χ2v) is 4.76. The summed E-state index contributed by atoms with van der Waals surface area (Å²) in [7, 11) is 1.40. The van der Waals surface area contributed by atoms with Crippen LogP contribution in [0.5, 0.6) is 5.75 Å². The lowest BCUT2D eigenvalue weighted by Crippen LogP contribution is -2.36. The zero-order chi connectivity index (χ0) is 12.9. The van der Waals surface area contributed by atoms with Crippen molar-refractivity contribution in [1.29, 1.82) is 0 Å². The van der Waals surface area contributed by atoms with Crippen molar-refractivity contribution in [3.63, 3.8) is 0 Å². The summed E-state index contributed by atoms with van der Waals surface area (Å²) in [5.41, 5.74) is -1.22. The minimum absolute atomic E-state index is 0.118. The Bertz CT molecular complexity index is 420. The number of rotatable bonds is 6. The first-order chi connectivity index (χ1) is 8.00. The van der Waals surface area contributed by atoms with E-state index < -0.39 is 5.60 Å². The van der Waals surface area contributed by atoms with Crippen molar-refractivity contribution < 1.29 is 9.84 Å². The van der Waals surface area contributed by atoms with Crippen molar-refractivity contribution in [2.75, 3.05) is 31.0 Å². The number of aromatic amines is 1. The Kier molecular flexibility index (Phi) is 4.83. The van der Waals surface area contributed by atoms with Gasteiger partial charge in [-0.2, -0.15) is 11.8 Å². The summed E-state index contributed by atoms with van der Waals surface area (Å²) < 4.78 is 4.95. The normalized spacial score (nSPS) is 14.1. The van der Waals surface area contributed by atoms with E-state index in [-0.39, 0.29) is 11.3 Å². The maximum atomic E-state index is 11.4. The molecular weight excluding hydrogens is 242 g/mol. The Morgan fingerprint density at radius 3 is 3.00 bits per heavy atom. The predicted molar refractivity (Wildman–Crippen MR) is 68.9 cm³/mol. The summed E-state index contributed by atoms with van der Waals surface area (Å²) in [6.45, 7) is 2.01. The summed E-state index contributed by atoms with van der Waals surface area (Å²) in [5, 5.41) is 12.9. The third kappa shape index (κ3) is 3.94. The van der Waals surface area contributed by atoms with Crippen molar-refractivity contribution in [2.45, 2.75) is 12.5 Å². The molecule has 7 heteroatoms. The van der Waals surface area contributed by atoms with E-state index in [2.05, 4.69) is 15.3 Å². The Morgan fingerprint density at radius 2 is 2.41 bits per heavy atom. The van der Waals surface area contributed by atoms with E-state index in [1.807, 2.05) is 6.26 Å². The molecule has 0 aromatic carbocycles. The van der Waals surface area contributed by atoms with Gasteiger partial charge in [-0.25, -0.2) is 4.98 Å². The van der Waals surface area contributed by atoms with Gasteiger partial charge in [0.05, 0.1) is 19.0 Å². The molecule has 0 saturated carbocycles. The van der Waals surface area contributed by atoms with Crippen molar-refractivity contribution in [2.24, 2.45) is 0 Å². The van der Waals surface area contributed by atoms with Crippen LogP contribution in [0.15, 0.2) is 11.1 Å².